The molecule has 2 N–H and O–H groups in total. The molecule has 0 fully saturated rings. The van der Waals surface area contributed by atoms with E-state index in [1.54, 1.807) is 6.07 Å². The number of aliphatic carboxylic acids is 1. The number of hydrogen-bond acceptors (Lipinski definition) is 6. The van der Waals surface area contributed by atoms with Gasteiger partial charge in [0.05, 0.1) is 11.7 Å². The lowest BCUT2D eigenvalue weighted by atomic mass is 10.1. The summed E-state index contributed by atoms with van der Waals surface area (Å²) in [6, 6.07) is 3.50. The second-order valence-electron chi connectivity index (χ2n) is 3.67. The maximum atomic E-state index is 10.4. The summed E-state index contributed by atoms with van der Waals surface area (Å²) >= 11 is 0. The molecule has 0 saturated carbocycles. The fourth-order valence-corrected chi connectivity index (χ4v) is 1.51. The predicted octanol–water partition coefficient (Wildman–Crippen LogP) is -0.684. The van der Waals surface area contributed by atoms with Gasteiger partial charge in [-0.05, 0) is 46.7 Å². The van der Waals surface area contributed by atoms with Crippen molar-refractivity contribution in [1.29, 1.82) is 0 Å². The van der Waals surface area contributed by atoms with E-state index in [-0.39, 0.29) is 0 Å². The van der Waals surface area contributed by atoms with Crippen LogP contribution in [0.25, 0.3) is 11.8 Å². The molecule has 0 amide bonds. The number of benzene rings is 1. The molecular weight excluding hydrogens is 234 g/mol. The summed E-state index contributed by atoms with van der Waals surface area (Å²) in [4.78, 5) is 10.4. The molecule has 0 atom stereocenters. The minimum atomic E-state index is -1.28. The van der Waals surface area contributed by atoms with Crippen LogP contribution in [0.3, 0.4) is 0 Å². The fraction of sp³-hybridized carbons (Fsp3) is 0.0909. The van der Waals surface area contributed by atoms with E-state index < -0.39 is 5.97 Å². The van der Waals surface area contributed by atoms with Gasteiger partial charge in [-0.1, -0.05) is 6.08 Å². The second-order valence-corrected chi connectivity index (χ2v) is 3.67. The lowest BCUT2D eigenvalue weighted by molar-refractivity contribution is -0.297. The number of nitrogens with zero attached hydrogens (tertiary/aromatic N) is 4. The lowest BCUT2D eigenvalue weighted by Gasteiger charge is -2.08. The van der Waals surface area contributed by atoms with Crippen LogP contribution in [0.1, 0.15) is 11.1 Å². The fourth-order valence-electron chi connectivity index (χ4n) is 1.51. The number of aromatic nitrogens is 4. The molecule has 0 bridgehead atoms. The van der Waals surface area contributed by atoms with Gasteiger partial charge in [0.2, 0.25) is 0 Å². The minimum absolute atomic E-state index is 0.504. The number of carbonyl (C=O) groups is 1. The molecule has 0 aliphatic carbocycles. The van der Waals surface area contributed by atoms with Crippen molar-refractivity contribution in [3.05, 3.63) is 35.7 Å². The van der Waals surface area contributed by atoms with Crippen LogP contribution in [0, 0.1) is 6.92 Å². The first-order valence-electron chi connectivity index (χ1n) is 5.10. The molecule has 0 spiro atoms. The number of carboxylic acid groups (broad SMARTS) is 1. The highest BCUT2D eigenvalue weighted by molar-refractivity contribution is 5.85. The first kappa shape index (κ1) is 11.8. The van der Waals surface area contributed by atoms with Crippen LogP contribution in [0.4, 0.5) is 5.69 Å². The van der Waals surface area contributed by atoms with Gasteiger partial charge in [-0.25, -0.2) is 4.68 Å². The Bertz CT molecular complexity index is 604. The summed E-state index contributed by atoms with van der Waals surface area (Å²) in [5.41, 5.74) is 8.45. The summed E-state index contributed by atoms with van der Waals surface area (Å²) < 4.78 is 1.46. The third-order valence-electron chi connectivity index (χ3n) is 2.42. The average Bonchev–Trinajstić information content (AvgIpc) is 2.84. The molecule has 18 heavy (non-hydrogen) atoms. The van der Waals surface area contributed by atoms with Crippen molar-refractivity contribution in [1.82, 2.24) is 20.2 Å². The maximum Gasteiger partial charge on any atom is 0.143 e. The Balaban J connectivity index is 2.50. The van der Waals surface area contributed by atoms with Gasteiger partial charge in [-0.15, -0.1) is 5.10 Å². The monoisotopic (exact) mass is 244 g/mol. The number of carboxylic acids is 1. The van der Waals surface area contributed by atoms with Crippen molar-refractivity contribution in [2.24, 2.45) is 0 Å². The highest BCUT2D eigenvalue weighted by atomic mass is 16.4. The normalized spacial score (nSPS) is 10.9. The van der Waals surface area contributed by atoms with Gasteiger partial charge in [0.25, 0.3) is 0 Å². The van der Waals surface area contributed by atoms with Crippen LogP contribution in [0.2, 0.25) is 0 Å². The average molecular weight is 244 g/mol. The summed E-state index contributed by atoms with van der Waals surface area (Å²) in [5.74, 6) is -1.28. The number of carbonyl (C=O) groups excluding carboxylic acids is 1. The Morgan fingerprint density at radius 3 is 2.89 bits per heavy atom. The van der Waals surface area contributed by atoms with Crippen molar-refractivity contribution in [2.75, 3.05) is 5.73 Å². The van der Waals surface area contributed by atoms with Gasteiger partial charge in [0.15, 0.2) is 0 Å². The molecule has 0 saturated heterocycles. The van der Waals surface area contributed by atoms with E-state index in [4.69, 9.17) is 5.73 Å². The molecule has 0 radical (unpaired) electrons. The van der Waals surface area contributed by atoms with E-state index in [9.17, 15) is 9.90 Å². The topological polar surface area (TPSA) is 110 Å². The highest BCUT2D eigenvalue weighted by Gasteiger charge is 2.05. The SMILES string of the molecule is Cc1cc(-n2cnnn2)cc(/C=C/C(=O)[O-])c1N. The number of anilines is 1. The highest BCUT2D eigenvalue weighted by Crippen LogP contribution is 2.22. The first-order valence-corrected chi connectivity index (χ1v) is 5.10. The molecule has 2 aromatic rings. The Morgan fingerprint density at radius 2 is 2.28 bits per heavy atom. The van der Waals surface area contributed by atoms with Crippen molar-refractivity contribution in [2.45, 2.75) is 6.92 Å². The summed E-state index contributed by atoms with van der Waals surface area (Å²) in [7, 11) is 0. The van der Waals surface area contributed by atoms with E-state index in [1.807, 2.05) is 13.0 Å². The second kappa shape index (κ2) is 4.66. The quantitative estimate of drug-likeness (QED) is 0.565. The van der Waals surface area contributed by atoms with E-state index >= 15 is 0 Å². The molecule has 1 aromatic heterocycles. The number of tetrazole rings is 1. The zero-order chi connectivity index (χ0) is 13.1. The van der Waals surface area contributed by atoms with Crippen molar-refractivity contribution in [3.63, 3.8) is 0 Å². The number of aryl methyl sites for hydroxylation is 1. The first-order chi connectivity index (χ1) is 8.58. The summed E-state index contributed by atoms with van der Waals surface area (Å²) in [5, 5.41) is 21.2. The summed E-state index contributed by atoms with van der Waals surface area (Å²) in [6.07, 6.45) is 3.75. The maximum absolute atomic E-state index is 10.4. The van der Waals surface area contributed by atoms with Crippen LogP contribution in [0.15, 0.2) is 24.5 Å². The molecule has 0 unspecified atom stereocenters. The third-order valence-corrected chi connectivity index (χ3v) is 2.42. The Kier molecular flexibility index (Phi) is 3.05. The van der Waals surface area contributed by atoms with E-state index in [0.717, 1.165) is 11.6 Å². The van der Waals surface area contributed by atoms with Gasteiger partial charge in [0.1, 0.15) is 6.33 Å². The molecule has 1 heterocycles. The van der Waals surface area contributed by atoms with Crippen LogP contribution < -0.4 is 10.8 Å². The molecule has 92 valence electrons. The molecule has 7 heteroatoms. The zero-order valence-corrected chi connectivity index (χ0v) is 9.57. The minimum Gasteiger partial charge on any atom is -0.545 e. The molecule has 7 nitrogen and oxygen atoms in total. The number of hydrogen-bond donors (Lipinski definition) is 1. The third kappa shape index (κ3) is 2.34. The van der Waals surface area contributed by atoms with Gasteiger partial charge in [-0.2, -0.15) is 0 Å². The predicted molar refractivity (Wildman–Crippen MR) is 62.3 cm³/mol. The van der Waals surface area contributed by atoms with Crippen LogP contribution in [0.5, 0.6) is 0 Å². The lowest BCUT2D eigenvalue weighted by Crippen LogP contribution is -2.18. The van der Waals surface area contributed by atoms with Crippen LogP contribution in [-0.2, 0) is 4.79 Å². The summed E-state index contributed by atoms with van der Waals surface area (Å²) in [6.45, 7) is 1.82. The van der Waals surface area contributed by atoms with Gasteiger partial charge >= 0.3 is 0 Å². The standard InChI is InChI=1S/C11H11N5O2/c1-7-4-9(16-6-13-14-15-16)5-8(11(7)12)2-3-10(17)18/h2-6H,12H2,1H3,(H,17,18)/p-1/b3-2+. The number of nitrogens with two attached hydrogens (primary N) is 1. The Hall–Kier alpha value is -2.70. The molecule has 0 aliphatic rings. The van der Waals surface area contributed by atoms with Crippen molar-refractivity contribution >= 4 is 17.7 Å². The molecule has 0 aliphatic heterocycles. The van der Waals surface area contributed by atoms with E-state index in [2.05, 4.69) is 15.5 Å². The van der Waals surface area contributed by atoms with Crippen LogP contribution >= 0.6 is 0 Å². The number of nitrogen functional groups attached to an aromatic ring is 1. The van der Waals surface area contributed by atoms with E-state index in [1.165, 1.54) is 17.1 Å². The number of rotatable bonds is 3. The zero-order valence-electron chi connectivity index (χ0n) is 9.57. The van der Waals surface area contributed by atoms with Crippen LogP contribution in [-0.4, -0.2) is 26.2 Å². The van der Waals surface area contributed by atoms with Crippen molar-refractivity contribution in [3.8, 4) is 5.69 Å². The van der Waals surface area contributed by atoms with E-state index in [0.29, 0.717) is 16.9 Å². The smallest absolute Gasteiger partial charge is 0.143 e. The van der Waals surface area contributed by atoms with Gasteiger partial charge in [-0.3, -0.25) is 0 Å². The Morgan fingerprint density at radius 1 is 1.50 bits per heavy atom. The molecule has 1 aromatic carbocycles. The molecular formula is C11H10N5O2-. The van der Waals surface area contributed by atoms with Gasteiger partial charge < -0.3 is 15.6 Å². The Labute approximate surface area is 103 Å². The van der Waals surface area contributed by atoms with Gasteiger partial charge in [0, 0.05) is 5.69 Å². The van der Waals surface area contributed by atoms with Crippen molar-refractivity contribution < 1.29 is 9.90 Å². The largest absolute Gasteiger partial charge is 0.545 e. The molecule has 2 rings (SSSR count).